The lowest BCUT2D eigenvalue weighted by Crippen LogP contribution is -2.40. The molecule has 1 aliphatic heterocycles. The van der Waals surface area contributed by atoms with Crippen molar-refractivity contribution < 1.29 is 9.18 Å². The van der Waals surface area contributed by atoms with Crippen LogP contribution in [0.15, 0.2) is 48.0 Å². The summed E-state index contributed by atoms with van der Waals surface area (Å²) in [6.45, 7) is 2.81. The van der Waals surface area contributed by atoms with Crippen molar-refractivity contribution in [3.8, 4) is 5.69 Å². The Morgan fingerprint density at radius 1 is 1.30 bits per heavy atom. The maximum atomic E-state index is 13.2. The molecule has 2 aromatic heterocycles. The molecule has 4 rings (SSSR count). The van der Waals surface area contributed by atoms with E-state index in [-0.39, 0.29) is 17.8 Å². The highest BCUT2D eigenvalue weighted by atomic mass is 19.1. The molecule has 0 saturated heterocycles. The molecule has 3 heterocycles. The number of aromatic nitrogens is 3. The molecule has 27 heavy (non-hydrogen) atoms. The van der Waals surface area contributed by atoms with Crippen molar-refractivity contribution in [2.45, 2.75) is 25.8 Å². The van der Waals surface area contributed by atoms with Gasteiger partial charge in [-0.05, 0) is 30.7 Å². The van der Waals surface area contributed by atoms with Crippen LogP contribution in [0.4, 0.5) is 4.39 Å². The van der Waals surface area contributed by atoms with E-state index >= 15 is 0 Å². The zero-order valence-electron chi connectivity index (χ0n) is 14.8. The van der Waals surface area contributed by atoms with E-state index in [0.717, 1.165) is 25.1 Å². The molecule has 138 valence electrons. The van der Waals surface area contributed by atoms with Gasteiger partial charge >= 0.3 is 0 Å². The summed E-state index contributed by atoms with van der Waals surface area (Å²) in [7, 11) is 0. The van der Waals surface area contributed by atoms with Gasteiger partial charge in [-0.1, -0.05) is 6.92 Å². The summed E-state index contributed by atoms with van der Waals surface area (Å²) in [6, 6.07) is 5.89. The fraction of sp³-hybridized carbons (Fsp3) is 0.263. The summed E-state index contributed by atoms with van der Waals surface area (Å²) in [4.78, 5) is 17.1. The molecular formula is C19H19FN6O. The molecule has 1 amide bonds. The number of hydrogen-bond acceptors (Lipinski definition) is 5. The van der Waals surface area contributed by atoms with Crippen LogP contribution in [0, 0.1) is 5.82 Å². The summed E-state index contributed by atoms with van der Waals surface area (Å²) >= 11 is 0. The van der Waals surface area contributed by atoms with E-state index in [9.17, 15) is 9.18 Å². The van der Waals surface area contributed by atoms with Gasteiger partial charge in [-0.15, -0.1) is 0 Å². The minimum absolute atomic E-state index is 0.116. The fourth-order valence-electron chi connectivity index (χ4n) is 3.22. The van der Waals surface area contributed by atoms with Gasteiger partial charge < -0.3 is 10.7 Å². The molecule has 1 aromatic carbocycles. The van der Waals surface area contributed by atoms with Crippen LogP contribution in [0.1, 0.15) is 30.1 Å². The van der Waals surface area contributed by atoms with Crippen molar-refractivity contribution in [1.82, 2.24) is 25.5 Å². The van der Waals surface area contributed by atoms with Gasteiger partial charge in [0, 0.05) is 24.5 Å². The first-order chi connectivity index (χ1) is 13.2. The number of pyridine rings is 1. The molecule has 7 nitrogen and oxygen atoms in total. The lowest BCUT2D eigenvalue weighted by atomic mass is 10.1. The van der Waals surface area contributed by atoms with Gasteiger partial charge in [-0.3, -0.25) is 9.78 Å². The highest BCUT2D eigenvalue weighted by Crippen LogP contribution is 2.21. The maximum Gasteiger partial charge on any atom is 0.254 e. The fourth-order valence-corrected chi connectivity index (χ4v) is 3.22. The number of carbonyl (C=O) groups is 1. The predicted octanol–water partition coefficient (Wildman–Crippen LogP) is 2.42. The number of fused-ring (bicyclic) bond motifs is 1. The lowest BCUT2D eigenvalue weighted by Gasteiger charge is -2.16. The number of rotatable bonds is 5. The Balaban J connectivity index is 1.66. The molecule has 0 bridgehead atoms. The van der Waals surface area contributed by atoms with Crippen molar-refractivity contribution >= 4 is 22.5 Å². The van der Waals surface area contributed by atoms with Crippen molar-refractivity contribution in [2.24, 2.45) is 5.10 Å². The Hall–Kier alpha value is -3.29. The van der Waals surface area contributed by atoms with Gasteiger partial charge in [0.05, 0.1) is 40.9 Å². The Labute approximate surface area is 155 Å². The summed E-state index contributed by atoms with van der Waals surface area (Å²) < 4.78 is 14.8. The van der Waals surface area contributed by atoms with Crippen molar-refractivity contribution in [3.05, 3.63) is 54.2 Å². The van der Waals surface area contributed by atoms with Crippen LogP contribution in [0.25, 0.3) is 16.6 Å². The Kier molecular flexibility index (Phi) is 4.53. The Morgan fingerprint density at radius 2 is 2.11 bits per heavy atom. The molecule has 8 heteroatoms. The quantitative estimate of drug-likeness (QED) is 0.726. The first kappa shape index (κ1) is 17.1. The SMILES string of the molecule is CC[C@H](NC(=O)c1cncc2c1cnn2-c1ccc(F)cc1)C1=NNCC1. The maximum absolute atomic E-state index is 13.2. The molecule has 0 aliphatic carbocycles. The van der Waals surface area contributed by atoms with E-state index in [1.165, 1.54) is 18.3 Å². The van der Waals surface area contributed by atoms with Crippen molar-refractivity contribution in [1.29, 1.82) is 0 Å². The third-order valence-electron chi connectivity index (χ3n) is 4.64. The number of nitrogens with zero attached hydrogens (tertiary/aromatic N) is 4. The number of hydrogen-bond donors (Lipinski definition) is 2. The second-order valence-corrected chi connectivity index (χ2v) is 6.35. The van der Waals surface area contributed by atoms with Crippen LogP contribution in [-0.2, 0) is 0 Å². The third kappa shape index (κ3) is 3.25. The van der Waals surface area contributed by atoms with E-state index in [0.29, 0.717) is 22.2 Å². The van der Waals surface area contributed by atoms with Gasteiger partial charge in [0.25, 0.3) is 5.91 Å². The van der Waals surface area contributed by atoms with Gasteiger partial charge in [-0.2, -0.15) is 10.2 Å². The number of nitrogens with one attached hydrogen (secondary N) is 2. The summed E-state index contributed by atoms with van der Waals surface area (Å²) in [5.74, 6) is -0.531. The average molecular weight is 366 g/mol. The minimum atomic E-state index is -0.316. The highest BCUT2D eigenvalue weighted by molar-refractivity contribution is 6.07. The van der Waals surface area contributed by atoms with E-state index in [4.69, 9.17) is 0 Å². The molecule has 3 aromatic rings. The van der Waals surface area contributed by atoms with Crippen LogP contribution in [0.2, 0.25) is 0 Å². The van der Waals surface area contributed by atoms with E-state index in [2.05, 4.69) is 25.9 Å². The second kappa shape index (κ2) is 7.14. The second-order valence-electron chi connectivity index (χ2n) is 6.35. The largest absolute Gasteiger partial charge is 0.344 e. The smallest absolute Gasteiger partial charge is 0.254 e. The van der Waals surface area contributed by atoms with E-state index < -0.39 is 0 Å². The topological polar surface area (TPSA) is 84.2 Å². The molecule has 1 aliphatic rings. The van der Waals surface area contributed by atoms with Gasteiger partial charge in [-0.25, -0.2) is 9.07 Å². The molecule has 0 spiro atoms. The molecule has 0 fully saturated rings. The number of benzene rings is 1. The monoisotopic (exact) mass is 366 g/mol. The van der Waals surface area contributed by atoms with Crippen molar-refractivity contribution in [2.75, 3.05) is 6.54 Å². The number of hydrazone groups is 1. The molecule has 0 radical (unpaired) electrons. The summed E-state index contributed by atoms with van der Waals surface area (Å²) in [5.41, 5.74) is 5.72. The van der Waals surface area contributed by atoms with Crippen molar-refractivity contribution in [3.63, 3.8) is 0 Å². The number of carbonyl (C=O) groups excluding carboxylic acids is 1. The standard InChI is InChI=1S/C19H19FN6O/c1-2-16(17-7-8-22-25-17)24-19(27)15-9-21-11-18-14(15)10-23-26(18)13-5-3-12(20)4-6-13/h3-6,9-11,16,22H,2,7-8H2,1H3,(H,24,27)/t16-/m0/s1. The van der Waals surface area contributed by atoms with Crippen LogP contribution in [0.3, 0.4) is 0 Å². The van der Waals surface area contributed by atoms with Crippen LogP contribution < -0.4 is 10.7 Å². The van der Waals surface area contributed by atoms with E-state index in [1.54, 1.807) is 29.2 Å². The first-order valence-electron chi connectivity index (χ1n) is 8.85. The Morgan fingerprint density at radius 3 is 2.81 bits per heavy atom. The minimum Gasteiger partial charge on any atom is -0.344 e. The van der Waals surface area contributed by atoms with Crippen LogP contribution in [-0.4, -0.2) is 39.0 Å². The van der Waals surface area contributed by atoms with E-state index in [1.807, 2.05) is 6.92 Å². The Bertz CT molecular complexity index is 1010. The normalized spacial score (nSPS) is 14.7. The number of halogens is 1. The zero-order chi connectivity index (χ0) is 18.8. The van der Waals surface area contributed by atoms with Gasteiger partial charge in [0.15, 0.2) is 0 Å². The van der Waals surface area contributed by atoms with Crippen LogP contribution >= 0.6 is 0 Å². The first-order valence-corrected chi connectivity index (χ1v) is 8.85. The lowest BCUT2D eigenvalue weighted by molar-refractivity contribution is 0.0947. The van der Waals surface area contributed by atoms with Gasteiger partial charge in [0.2, 0.25) is 0 Å². The summed E-state index contributed by atoms with van der Waals surface area (Å²) in [5, 5.41) is 12.3. The average Bonchev–Trinajstić information content (AvgIpc) is 3.36. The number of amides is 1. The molecule has 1 atom stereocenters. The molecule has 0 saturated carbocycles. The zero-order valence-corrected chi connectivity index (χ0v) is 14.8. The van der Waals surface area contributed by atoms with Gasteiger partial charge in [0.1, 0.15) is 5.82 Å². The molecule has 0 unspecified atom stereocenters. The highest BCUT2D eigenvalue weighted by Gasteiger charge is 2.22. The molecular weight excluding hydrogens is 347 g/mol. The molecule has 2 N–H and O–H groups in total. The summed E-state index contributed by atoms with van der Waals surface area (Å²) in [6.07, 6.45) is 6.39. The predicted molar refractivity (Wildman–Crippen MR) is 100 cm³/mol. The van der Waals surface area contributed by atoms with Crippen LogP contribution in [0.5, 0.6) is 0 Å². The third-order valence-corrected chi connectivity index (χ3v) is 4.64.